The summed E-state index contributed by atoms with van der Waals surface area (Å²) in [5, 5.41) is 12.7. The molecule has 0 bridgehead atoms. The van der Waals surface area contributed by atoms with Crippen LogP contribution in [0.25, 0.3) is 0 Å². The van der Waals surface area contributed by atoms with Crippen LogP contribution < -0.4 is 10.1 Å². The Bertz CT molecular complexity index is 984. The molecule has 2 fully saturated rings. The number of β-lactam (4-membered cyclic amide) rings is 1. The average molecular weight is 457 g/mol. The number of aliphatic hydroxyl groups excluding tert-OH is 1. The SMILES string of the molecule is COc1ccc(COC(=O)C2C(O)CS[C@H]3[C@H](NC(=O)Cc4ccccc4)C(=O)N23)cc1. The third-order valence-corrected chi connectivity index (χ3v) is 6.86. The van der Waals surface area contributed by atoms with E-state index in [1.165, 1.54) is 16.7 Å². The van der Waals surface area contributed by atoms with Gasteiger partial charge in [-0.2, -0.15) is 0 Å². The van der Waals surface area contributed by atoms with Gasteiger partial charge >= 0.3 is 5.97 Å². The van der Waals surface area contributed by atoms with Crippen molar-refractivity contribution < 1.29 is 29.0 Å². The standard InChI is InChI=1S/C23H24N2O6S/c1-30-16-9-7-15(8-10-16)12-31-23(29)20-17(26)13-32-22-19(21(28)25(20)22)24-18(27)11-14-5-3-2-4-6-14/h2-10,17,19-20,22,26H,11-13H2,1H3,(H,24,27)/t17?,19-,20?,22+/m1/s1. The van der Waals surface area contributed by atoms with Gasteiger partial charge in [-0.15, -0.1) is 11.8 Å². The molecule has 0 aromatic heterocycles. The average Bonchev–Trinajstić information content (AvgIpc) is 2.81. The number of carbonyl (C=O) groups is 3. The van der Waals surface area contributed by atoms with Crippen LogP contribution in [0.4, 0.5) is 0 Å². The molecule has 9 heteroatoms. The van der Waals surface area contributed by atoms with Crippen molar-refractivity contribution in [3.63, 3.8) is 0 Å². The summed E-state index contributed by atoms with van der Waals surface area (Å²) in [5.41, 5.74) is 1.61. The summed E-state index contributed by atoms with van der Waals surface area (Å²) < 4.78 is 10.5. The normalized spacial score (nSPS) is 24.2. The zero-order valence-corrected chi connectivity index (χ0v) is 18.3. The largest absolute Gasteiger partial charge is 0.497 e. The number of methoxy groups -OCH3 is 1. The molecule has 32 heavy (non-hydrogen) atoms. The van der Waals surface area contributed by atoms with Crippen LogP contribution in [0.5, 0.6) is 5.75 Å². The van der Waals surface area contributed by atoms with E-state index in [9.17, 15) is 19.5 Å². The number of rotatable bonds is 7. The van der Waals surface area contributed by atoms with Gasteiger partial charge in [-0.25, -0.2) is 4.79 Å². The maximum atomic E-state index is 12.8. The van der Waals surface area contributed by atoms with Crippen molar-refractivity contribution in [3.05, 3.63) is 65.7 Å². The van der Waals surface area contributed by atoms with E-state index in [4.69, 9.17) is 9.47 Å². The molecule has 0 radical (unpaired) electrons. The number of thioether (sulfide) groups is 1. The van der Waals surface area contributed by atoms with Gasteiger partial charge in [0, 0.05) is 5.75 Å². The van der Waals surface area contributed by atoms with Crippen molar-refractivity contribution in [1.29, 1.82) is 0 Å². The Morgan fingerprint density at radius 3 is 2.53 bits per heavy atom. The second kappa shape index (κ2) is 9.62. The molecule has 4 atom stereocenters. The van der Waals surface area contributed by atoms with Crippen LogP contribution in [0.3, 0.4) is 0 Å². The van der Waals surface area contributed by atoms with Crippen molar-refractivity contribution in [2.24, 2.45) is 0 Å². The Hall–Kier alpha value is -3.04. The molecule has 2 aromatic rings. The first kappa shape index (κ1) is 22.2. The van der Waals surface area contributed by atoms with Crippen molar-refractivity contribution in [1.82, 2.24) is 10.2 Å². The van der Waals surface area contributed by atoms with Gasteiger partial charge in [-0.3, -0.25) is 9.59 Å². The van der Waals surface area contributed by atoms with Crippen molar-refractivity contribution in [3.8, 4) is 5.75 Å². The molecular formula is C23H24N2O6S. The molecule has 8 nitrogen and oxygen atoms in total. The quantitative estimate of drug-likeness (QED) is 0.475. The fourth-order valence-corrected chi connectivity index (χ4v) is 5.15. The highest BCUT2D eigenvalue weighted by Crippen LogP contribution is 2.38. The molecule has 0 spiro atoms. The van der Waals surface area contributed by atoms with Crippen LogP contribution in [0.1, 0.15) is 11.1 Å². The molecule has 2 amide bonds. The first-order valence-corrected chi connectivity index (χ1v) is 11.3. The maximum Gasteiger partial charge on any atom is 0.331 e. The number of benzene rings is 2. The van der Waals surface area contributed by atoms with E-state index in [0.29, 0.717) is 5.75 Å². The Balaban J connectivity index is 1.35. The van der Waals surface area contributed by atoms with E-state index >= 15 is 0 Å². The highest BCUT2D eigenvalue weighted by atomic mass is 32.2. The minimum absolute atomic E-state index is 0.0170. The number of hydrogen-bond acceptors (Lipinski definition) is 7. The fraction of sp³-hybridized carbons (Fsp3) is 0.348. The van der Waals surface area contributed by atoms with E-state index < -0.39 is 35.4 Å². The van der Waals surface area contributed by atoms with Crippen molar-refractivity contribution in [2.45, 2.75) is 36.6 Å². The Labute approximate surface area is 189 Å². The number of hydrogen-bond donors (Lipinski definition) is 2. The molecule has 0 aliphatic carbocycles. The fourth-order valence-electron chi connectivity index (χ4n) is 3.80. The van der Waals surface area contributed by atoms with Crippen LogP contribution >= 0.6 is 11.8 Å². The van der Waals surface area contributed by atoms with Crippen LogP contribution in [-0.2, 0) is 32.1 Å². The smallest absolute Gasteiger partial charge is 0.331 e. The summed E-state index contributed by atoms with van der Waals surface area (Å²) in [5.74, 6) is -0.370. The minimum Gasteiger partial charge on any atom is -0.497 e. The van der Waals surface area contributed by atoms with Crippen LogP contribution in [-0.4, -0.2) is 64.2 Å². The molecule has 2 N–H and O–H groups in total. The van der Waals surface area contributed by atoms with E-state index in [2.05, 4.69) is 5.32 Å². The highest BCUT2D eigenvalue weighted by Gasteiger charge is 2.58. The molecule has 0 saturated carbocycles. The van der Waals surface area contributed by atoms with Crippen molar-refractivity contribution >= 4 is 29.5 Å². The molecule has 2 aliphatic rings. The number of ether oxygens (including phenoxy) is 2. The molecule has 4 rings (SSSR count). The first-order valence-electron chi connectivity index (χ1n) is 10.2. The number of carbonyl (C=O) groups excluding carboxylic acids is 3. The summed E-state index contributed by atoms with van der Waals surface area (Å²) >= 11 is 1.34. The minimum atomic E-state index is -1.09. The van der Waals surface area contributed by atoms with Crippen LogP contribution in [0, 0.1) is 0 Å². The van der Waals surface area contributed by atoms with Gasteiger partial charge in [-0.05, 0) is 23.3 Å². The molecule has 2 unspecified atom stereocenters. The van der Waals surface area contributed by atoms with E-state index in [1.807, 2.05) is 30.3 Å². The topological polar surface area (TPSA) is 105 Å². The second-order valence-corrected chi connectivity index (χ2v) is 8.79. The van der Waals surface area contributed by atoms with Gasteiger partial charge in [0.05, 0.1) is 19.6 Å². The van der Waals surface area contributed by atoms with Gasteiger partial charge in [0.1, 0.15) is 23.8 Å². The third kappa shape index (κ3) is 4.58. The van der Waals surface area contributed by atoms with Gasteiger partial charge < -0.3 is 24.8 Å². The number of aliphatic hydroxyl groups is 1. The third-order valence-electron chi connectivity index (χ3n) is 5.49. The summed E-state index contributed by atoms with van der Waals surface area (Å²) in [6, 6.07) is 14.5. The second-order valence-electron chi connectivity index (χ2n) is 7.64. The molecule has 2 heterocycles. The molecule has 168 valence electrons. The van der Waals surface area contributed by atoms with Gasteiger partial charge in [0.2, 0.25) is 11.8 Å². The monoisotopic (exact) mass is 456 g/mol. The lowest BCUT2D eigenvalue weighted by Crippen LogP contribution is -2.76. The predicted octanol–water partition coefficient (Wildman–Crippen LogP) is 1.11. The molecular weight excluding hydrogens is 432 g/mol. The number of fused-ring (bicyclic) bond motifs is 1. The summed E-state index contributed by atoms with van der Waals surface area (Å²) in [7, 11) is 1.56. The maximum absolute atomic E-state index is 12.8. The van der Waals surface area contributed by atoms with Gasteiger partial charge in [-0.1, -0.05) is 42.5 Å². The van der Waals surface area contributed by atoms with E-state index in [1.54, 1.807) is 31.4 Å². The highest BCUT2D eigenvalue weighted by molar-refractivity contribution is 8.00. The van der Waals surface area contributed by atoms with Crippen molar-refractivity contribution in [2.75, 3.05) is 12.9 Å². The first-order chi connectivity index (χ1) is 15.5. The number of nitrogens with one attached hydrogen (secondary N) is 1. The lowest BCUT2D eigenvalue weighted by molar-refractivity contribution is -0.172. The Morgan fingerprint density at radius 1 is 1.12 bits per heavy atom. The number of esters is 1. The zero-order chi connectivity index (χ0) is 22.7. The summed E-state index contributed by atoms with van der Waals surface area (Å²) in [6.45, 7) is 0.0170. The number of amides is 2. The Morgan fingerprint density at radius 2 is 1.84 bits per heavy atom. The van der Waals surface area contributed by atoms with Crippen LogP contribution in [0.2, 0.25) is 0 Å². The Kier molecular flexibility index (Phi) is 6.66. The summed E-state index contributed by atoms with van der Waals surface area (Å²) in [4.78, 5) is 39.2. The van der Waals surface area contributed by atoms with E-state index in [-0.39, 0.29) is 24.7 Å². The lowest BCUT2D eigenvalue weighted by atomic mass is 9.99. The lowest BCUT2D eigenvalue weighted by Gasteiger charge is -2.53. The zero-order valence-electron chi connectivity index (χ0n) is 17.5. The summed E-state index contributed by atoms with van der Waals surface area (Å²) in [6.07, 6.45) is -0.873. The van der Waals surface area contributed by atoms with Gasteiger partial charge in [0.25, 0.3) is 0 Å². The van der Waals surface area contributed by atoms with Gasteiger partial charge in [0.15, 0.2) is 6.04 Å². The van der Waals surface area contributed by atoms with E-state index in [0.717, 1.165) is 11.1 Å². The molecule has 2 aliphatic heterocycles. The predicted molar refractivity (Wildman–Crippen MR) is 118 cm³/mol. The molecule has 2 saturated heterocycles. The number of nitrogens with zero attached hydrogens (tertiary/aromatic N) is 1. The van der Waals surface area contributed by atoms with Crippen LogP contribution in [0.15, 0.2) is 54.6 Å². The molecule has 2 aromatic carbocycles.